The van der Waals surface area contributed by atoms with Crippen molar-refractivity contribution in [2.45, 2.75) is 496 Å². The van der Waals surface area contributed by atoms with Gasteiger partial charge in [0, 0.05) is 87.1 Å². The van der Waals surface area contributed by atoms with Crippen molar-refractivity contribution in [3.63, 3.8) is 0 Å². The van der Waals surface area contributed by atoms with E-state index in [2.05, 4.69) is 193 Å². The first-order chi connectivity index (χ1) is 68.1. The summed E-state index contributed by atoms with van der Waals surface area (Å²) in [5, 5.41) is 21.5. The van der Waals surface area contributed by atoms with Gasteiger partial charge in [-0.05, 0) is 451 Å². The second kappa shape index (κ2) is 40.9. The minimum absolute atomic E-state index is 0. The van der Waals surface area contributed by atoms with Crippen molar-refractivity contribution >= 4 is 41.6 Å². The average Bonchev–Trinajstić information content (AvgIpc) is 1.68. The van der Waals surface area contributed by atoms with Gasteiger partial charge < -0.3 is 44.1 Å². The van der Waals surface area contributed by atoms with Gasteiger partial charge in [-0.3, -0.25) is 33.6 Å². The number of ketones is 1. The van der Waals surface area contributed by atoms with Crippen LogP contribution in [-0.2, 0) is 62.0 Å². The summed E-state index contributed by atoms with van der Waals surface area (Å²) in [6.45, 7) is 84.0. The van der Waals surface area contributed by atoms with Gasteiger partial charge in [-0.25, -0.2) is 0 Å². The van der Waals surface area contributed by atoms with E-state index in [4.69, 9.17) is 28.4 Å². The second-order valence-corrected chi connectivity index (χ2v) is 61.8. The summed E-state index contributed by atoms with van der Waals surface area (Å²) in [6.07, 6.45) is 45.3. The van der Waals surface area contributed by atoms with E-state index in [9.17, 15) is 43.8 Å². The molecule has 20 aliphatic carbocycles. The number of hydrogen-bond donors (Lipinski definition) is 2. The number of ether oxygens (including phenoxy) is 6. The van der Waals surface area contributed by atoms with Crippen molar-refractivity contribution in [3.8, 4) is 0 Å². The van der Waals surface area contributed by atoms with Gasteiger partial charge in [-0.15, -0.1) is 0 Å². The summed E-state index contributed by atoms with van der Waals surface area (Å²) < 4.78 is 35.0. The molecular weight excluding hydrogens is 1880 g/mol. The zero-order chi connectivity index (χ0) is 108. The van der Waals surface area contributed by atoms with Crippen molar-refractivity contribution in [1.29, 1.82) is 0 Å². The predicted octanol–water partition coefficient (Wildman–Crippen LogP) is 27.7. The number of hydrogen-bond acceptors (Lipinski definition) is 16. The Hall–Kier alpha value is -3.03. The molecule has 0 aromatic rings. The fourth-order valence-corrected chi connectivity index (χ4v) is 46.9. The Kier molecular flexibility index (Phi) is 32.9. The number of aliphatic hydroxyl groups is 2. The third kappa shape index (κ3) is 18.1. The summed E-state index contributed by atoms with van der Waals surface area (Å²) in [7, 11) is 0. The van der Waals surface area contributed by atoms with E-state index in [0.717, 1.165) is 101 Å². The third-order valence-corrected chi connectivity index (χ3v) is 54.6. The first-order valence-electron chi connectivity index (χ1n) is 60.7. The normalized spacial score (nSPS) is 48.0. The topological polar surface area (TPSA) is 245 Å². The monoisotopic (exact) mass is 2090 g/mol. The number of esters is 6. The van der Waals surface area contributed by atoms with Crippen LogP contribution < -0.4 is 51.4 Å². The molecule has 0 saturated heterocycles. The summed E-state index contributed by atoms with van der Waals surface area (Å²) in [5.74, 6) is 9.77. The van der Waals surface area contributed by atoms with Gasteiger partial charge in [-0.1, -0.05) is 202 Å². The maximum absolute atomic E-state index is 13.6. The number of allylic oxidation sites excluding steroid dienone is 4. The molecule has 0 amide bonds. The van der Waals surface area contributed by atoms with E-state index >= 15 is 0 Å². The second-order valence-electron chi connectivity index (χ2n) is 61.8. The van der Waals surface area contributed by atoms with Crippen LogP contribution >= 0.6 is 0 Å². The smallest absolute Gasteiger partial charge is 0.870 e. The van der Waals surface area contributed by atoms with E-state index in [1.807, 2.05) is 0 Å². The molecule has 0 aromatic heterocycles. The van der Waals surface area contributed by atoms with E-state index in [-0.39, 0.29) is 215 Å². The molecular formula is C132H211KO16. The van der Waals surface area contributed by atoms with Gasteiger partial charge in [-0.2, -0.15) is 0 Å². The van der Waals surface area contributed by atoms with Crippen molar-refractivity contribution in [2.75, 3.05) is 26.4 Å². The number of carbonyl (C=O) groups excluding carboxylic acids is 7. The van der Waals surface area contributed by atoms with Crippen molar-refractivity contribution in [1.82, 2.24) is 0 Å². The molecule has 0 aromatic carbocycles. The average molecular weight is 2090 g/mol. The Morgan fingerprint density at radius 3 is 1.03 bits per heavy atom. The van der Waals surface area contributed by atoms with Crippen LogP contribution in [-0.4, -0.2) is 108 Å². The first-order valence-corrected chi connectivity index (χ1v) is 60.7. The van der Waals surface area contributed by atoms with Gasteiger partial charge in [0.2, 0.25) is 0 Å². The van der Waals surface area contributed by atoms with Crippen molar-refractivity contribution < 1.29 is 129 Å². The van der Waals surface area contributed by atoms with E-state index in [1.165, 1.54) is 184 Å². The Bertz CT molecular complexity index is 5160. The molecule has 0 bridgehead atoms. The molecule has 149 heavy (non-hydrogen) atoms. The van der Waals surface area contributed by atoms with Crippen LogP contribution in [0.4, 0.5) is 0 Å². The molecule has 0 unspecified atom stereocenters. The number of rotatable bonds is 14. The molecule has 36 atom stereocenters. The molecule has 0 radical (unpaired) electrons. The van der Waals surface area contributed by atoms with Crippen molar-refractivity contribution in [3.05, 3.63) is 46.6 Å². The molecule has 20 aliphatic rings. The summed E-state index contributed by atoms with van der Waals surface area (Å²) in [6, 6.07) is 0. The Labute approximate surface area is 946 Å². The fraction of sp³-hybridized carbons (Fsp3) is 0.886. The van der Waals surface area contributed by atoms with Crippen LogP contribution in [0.1, 0.15) is 472 Å². The maximum Gasteiger partial charge on any atom is 1.00 e. The van der Waals surface area contributed by atoms with Crippen LogP contribution in [0, 0.1) is 215 Å². The van der Waals surface area contributed by atoms with E-state index < -0.39 is 0 Å². The summed E-state index contributed by atoms with van der Waals surface area (Å²) in [5.41, 5.74) is 11.7. The van der Waals surface area contributed by atoms with Gasteiger partial charge >= 0.3 is 87.2 Å². The molecule has 17 heteroatoms. The zero-order valence-electron chi connectivity index (χ0n) is 101. The zero-order valence-corrected chi connectivity index (χ0v) is 104. The van der Waals surface area contributed by atoms with Crippen LogP contribution in [0.25, 0.3) is 0 Å². The largest absolute Gasteiger partial charge is 1.00 e. The standard InChI is InChI=1S/C34H52O5.2C34H54O4.C30H50O2.K.H2O/c1-20(2)28-24(37)18-34(19-38-21(3)35)17-16-32(8)23(29(28)34)10-11-26-31(7)14-13-27(39-22(4)36)30(5,6)25(31)12-15-33(26,32)9;2*1-21(2)24-12-17-34(20-37-22(3)35)19-18-32(8)25(29(24)34)10-11-27-31(7)15-14-28(38-23(4)36)30(5,6)26(31)13-16-33(27,32)9;1-19(2)20-10-15-30(18-31)17-16-28(6)21(25(20)30)8-9-23-27(5)13-12-24(32)26(3,4)22(27)11-14-29(23,28)7;;/h20,23,25-27H,10-19H2,1-9H3;21,25-28H,10-20H2,1-9H3;24-29H,1,10-20H2,2-9H3;20-25,31-32H,1,8-18H2,2-7H3;;1H2/q;;;;+1;/p-1/t23-,25+,26-,27+,31+,32-,33-,34+;25-,26+,27-,28+,31+,32-,33-,34-;24-,25+,26-,27+,28-,29+,31-,32+,33+,34+;20-,21+,22-,23+,24-,25+,27-,28+,29+,30+;;/m1100../s1. The molecule has 0 aliphatic heterocycles. The number of Topliss-reactive ketones (excluding diaryl/α,β-unsaturated/α-hetero) is 1. The van der Waals surface area contributed by atoms with Crippen LogP contribution in [0.2, 0.25) is 0 Å². The molecule has 0 heterocycles. The Morgan fingerprint density at radius 1 is 0.329 bits per heavy atom. The van der Waals surface area contributed by atoms with Crippen LogP contribution in [0.3, 0.4) is 0 Å². The van der Waals surface area contributed by atoms with Crippen molar-refractivity contribution in [2.24, 2.45) is 215 Å². The van der Waals surface area contributed by atoms with Gasteiger partial charge in [0.15, 0.2) is 5.78 Å². The van der Waals surface area contributed by atoms with E-state index in [0.29, 0.717) is 143 Å². The summed E-state index contributed by atoms with van der Waals surface area (Å²) in [4.78, 5) is 85.1. The van der Waals surface area contributed by atoms with Gasteiger partial charge in [0.05, 0.1) is 12.7 Å². The number of aliphatic hydroxyl groups excluding tert-OH is 2. The Balaban J connectivity index is 0.000000148. The first kappa shape index (κ1) is 120. The minimum Gasteiger partial charge on any atom is -0.870 e. The maximum atomic E-state index is 13.6. The molecule has 0 spiro atoms. The summed E-state index contributed by atoms with van der Waals surface area (Å²) >= 11 is 0. The molecule has 20 rings (SSSR count). The van der Waals surface area contributed by atoms with Crippen LogP contribution in [0.5, 0.6) is 0 Å². The van der Waals surface area contributed by atoms with Crippen LogP contribution in [0.15, 0.2) is 46.6 Å². The third-order valence-electron chi connectivity index (χ3n) is 54.6. The molecule has 3 N–H and O–H groups in total. The van der Waals surface area contributed by atoms with Gasteiger partial charge in [0.25, 0.3) is 0 Å². The van der Waals surface area contributed by atoms with E-state index in [1.54, 1.807) is 45.8 Å². The molecule has 836 valence electrons. The fourth-order valence-electron chi connectivity index (χ4n) is 46.9. The quantitative estimate of drug-likeness (QED) is 0.0710. The van der Waals surface area contributed by atoms with Gasteiger partial charge in [0.1, 0.15) is 31.5 Å². The number of carbonyl (C=O) groups is 7. The molecule has 18 fully saturated rings. The predicted molar refractivity (Wildman–Crippen MR) is 588 cm³/mol. The minimum atomic E-state index is -0.319. The molecule has 18 saturated carbocycles. The SMILES string of the molecule is C=C(C)[C@@H]1CC[C@]2(CO)CC[C@]3(C)[C@H](CC[C@@H]4[C@@]5(C)CC[C@H](O)C(C)(C)[C@@H]5CC[C@]43C)[C@@H]12.C=C(C)[C@@H]1CC[C@]2(COC(C)=O)CC[C@]3(C)[C@H](CC[C@@H]4[C@@]5(C)CC[C@H](OC(C)=O)C(C)(C)[C@@H]5CC[C@]43C)[C@@H]12.CC(=O)OC[C@@]12CC[C@]3(C)[C@H](CC[C@@H]4[C@@]5(C)CC[C@H](OC(C)=O)C(C)(C)[C@@H]5CC[C@]43C)C1=C(C(C)C)C(=O)C2.CC(=O)OC[C@]12CCC(C(C)C)=C1[C@H]1CC[C@@H]3[C@@]4(C)CC[C@H](OC(C)=O)C(C)(C)[C@@H]4CC[C@@]3(C)[C@]1(C)CC2.[K+].[OH-]. The number of fused-ring (bicyclic) bond motifs is 28. The molecule has 16 nitrogen and oxygen atoms in total. The Morgan fingerprint density at radius 2 is 0.658 bits per heavy atom.